The van der Waals surface area contributed by atoms with E-state index in [2.05, 4.69) is 35.0 Å². The molecule has 1 N–H and O–H groups in total. The Kier molecular flexibility index (Phi) is 1.91. The van der Waals surface area contributed by atoms with Gasteiger partial charge in [0.2, 0.25) is 5.91 Å². The van der Waals surface area contributed by atoms with Gasteiger partial charge in [-0.05, 0) is 29.9 Å². The molecule has 92 valence electrons. The Hall–Kier alpha value is -1.77. The van der Waals surface area contributed by atoms with Crippen LogP contribution in [0.5, 0.6) is 0 Å². The molecular weight excluding hydrogens is 224 g/mol. The number of para-hydroxylation sites is 1. The Balaban J connectivity index is 2.09. The maximum atomic E-state index is 11.8. The molecule has 1 amide bonds. The Labute approximate surface area is 106 Å². The first kappa shape index (κ1) is 10.2. The van der Waals surface area contributed by atoms with Gasteiger partial charge in [0.15, 0.2) is 0 Å². The smallest absolute Gasteiger partial charge is 0.240 e. The molecule has 0 spiro atoms. The largest absolute Gasteiger partial charge is 0.350 e. The summed E-state index contributed by atoms with van der Waals surface area (Å²) in [4.78, 5) is 11.8. The van der Waals surface area contributed by atoms with Crippen LogP contribution in [0.2, 0.25) is 0 Å². The maximum absolute atomic E-state index is 11.8. The molecule has 1 aliphatic heterocycles. The fourth-order valence-electron chi connectivity index (χ4n) is 3.53. The van der Waals surface area contributed by atoms with Crippen LogP contribution < -0.4 is 5.32 Å². The summed E-state index contributed by atoms with van der Waals surface area (Å²) in [5, 5.41) is 4.34. The average molecular weight is 240 g/mol. The monoisotopic (exact) mass is 240 g/mol. The van der Waals surface area contributed by atoms with Crippen molar-refractivity contribution in [3.63, 3.8) is 0 Å². The van der Waals surface area contributed by atoms with Crippen LogP contribution in [-0.2, 0) is 30.7 Å². The number of carbonyl (C=O) groups is 1. The van der Waals surface area contributed by atoms with Crippen molar-refractivity contribution in [2.24, 2.45) is 5.92 Å². The second kappa shape index (κ2) is 3.37. The van der Waals surface area contributed by atoms with Crippen LogP contribution in [0.3, 0.4) is 0 Å². The average Bonchev–Trinajstić information content (AvgIpc) is 2.79. The molecule has 3 nitrogen and oxygen atoms in total. The van der Waals surface area contributed by atoms with Crippen LogP contribution in [0, 0.1) is 5.92 Å². The highest BCUT2D eigenvalue weighted by molar-refractivity contribution is 5.92. The molecule has 3 heteroatoms. The zero-order valence-corrected chi connectivity index (χ0v) is 10.5. The van der Waals surface area contributed by atoms with Gasteiger partial charge in [-0.1, -0.05) is 25.1 Å². The highest BCUT2D eigenvalue weighted by Gasteiger charge is 2.28. The number of hydrogen-bond acceptors (Lipinski definition) is 1. The molecule has 1 atom stereocenters. The minimum absolute atomic E-state index is 0.130. The van der Waals surface area contributed by atoms with Crippen LogP contribution in [0.25, 0.3) is 10.9 Å². The summed E-state index contributed by atoms with van der Waals surface area (Å²) in [7, 11) is 0. The summed E-state index contributed by atoms with van der Waals surface area (Å²) in [6.07, 6.45) is 2.26. The van der Waals surface area contributed by atoms with E-state index in [1.165, 1.54) is 27.7 Å². The van der Waals surface area contributed by atoms with Crippen molar-refractivity contribution in [2.45, 2.75) is 32.9 Å². The molecule has 2 aliphatic rings. The van der Waals surface area contributed by atoms with E-state index in [4.69, 9.17) is 0 Å². The normalized spacial score (nSPS) is 21.8. The number of amides is 1. The quantitative estimate of drug-likeness (QED) is 0.751. The first-order valence-electron chi connectivity index (χ1n) is 6.62. The lowest BCUT2D eigenvalue weighted by Crippen LogP contribution is -2.24. The molecule has 0 fully saturated rings. The Morgan fingerprint density at radius 1 is 1.33 bits per heavy atom. The molecular formula is C15H16N2O. The third-order valence-corrected chi connectivity index (χ3v) is 4.26. The second-order valence-corrected chi connectivity index (χ2v) is 5.61. The number of rotatable bonds is 0. The van der Waals surface area contributed by atoms with Crippen LogP contribution in [0.4, 0.5) is 0 Å². The van der Waals surface area contributed by atoms with Crippen LogP contribution in [0.1, 0.15) is 23.7 Å². The summed E-state index contributed by atoms with van der Waals surface area (Å²) in [5.74, 6) is 0.837. The van der Waals surface area contributed by atoms with Crippen molar-refractivity contribution in [3.05, 3.63) is 35.0 Å². The first-order chi connectivity index (χ1) is 8.74. The Morgan fingerprint density at radius 2 is 2.22 bits per heavy atom. The molecule has 18 heavy (non-hydrogen) atoms. The lowest BCUT2D eigenvalue weighted by atomic mass is 10.0. The van der Waals surface area contributed by atoms with Crippen LogP contribution in [-0.4, -0.2) is 10.5 Å². The standard InChI is InChI=1S/C15H16N2O/c1-9-5-12-11-4-2-3-10-7-16-14(18)8-17(15(10)11)13(12)6-9/h2-4,9H,5-8H2,1H3,(H,16,18). The van der Waals surface area contributed by atoms with Crippen LogP contribution >= 0.6 is 0 Å². The van der Waals surface area contributed by atoms with Crippen molar-refractivity contribution >= 4 is 16.8 Å². The Morgan fingerprint density at radius 3 is 3.11 bits per heavy atom. The molecule has 1 aliphatic carbocycles. The third-order valence-electron chi connectivity index (χ3n) is 4.26. The molecule has 0 saturated heterocycles. The number of carbonyl (C=O) groups excluding carboxylic acids is 1. The number of hydrogen-bond donors (Lipinski definition) is 1. The number of nitrogens with one attached hydrogen (secondary N) is 1. The van der Waals surface area contributed by atoms with Crippen LogP contribution in [0.15, 0.2) is 18.2 Å². The van der Waals surface area contributed by atoms with Crippen molar-refractivity contribution in [1.29, 1.82) is 0 Å². The van der Waals surface area contributed by atoms with Crippen molar-refractivity contribution < 1.29 is 4.79 Å². The number of benzene rings is 1. The van der Waals surface area contributed by atoms with Crippen molar-refractivity contribution in [2.75, 3.05) is 0 Å². The van der Waals surface area contributed by atoms with E-state index >= 15 is 0 Å². The summed E-state index contributed by atoms with van der Waals surface area (Å²) in [5.41, 5.74) is 5.41. The third kappa shape index (κ3) is 1.22. The molecule has 1 unspecified atom stereocenters. The summed E-state index contributed by atoms with van der Waals surface area (Å²) < 4.78 is 2.26. The SMILES string of the molecule is CC1Cc2c(n3c4c(cccc24)CNC(=O)C3)C1. The lowest BCUT2D eigenvalue weighted by Gasteiger charge is -2.08. The predicted octanol–water partition coefficient (Wildman–Crippen LogP) is 2.01. The highest BCUT2D eigenvalue weighted by atomic mass is 16.1. The topological polar surface area (TPSA) is 34.0 Å². The number of aromatic nitrogens is 1. The molecule has 4 rings (SSSR count). The molecule has 0 radical (unpaired) electrons. The van der Waals surface area contributed by atoms with Crippen molar-refractivity contribution in [1.82, 2.24) is 9.88 Å². The first-order valence-corrected chi connectivity index (χ1v) is 6.62. The van der Waals surface area contributed by atoms with Gasteiger partial charge < -0.3 is 9.88 Å². The maximum Gasteiger partial charge on any atom is 0.240 e. The van der Waals surface area contributed by atoms with E-state index in [-0.39, 0.29) is 5.91 Å². The molecule has 0 bridgehead atoms. The van der Waals surface area contributed by atoms with E-state index in [9.17, 15) is 4.79 Å². The summed E-state index contributed by atoms with van der Waals surface area (Å²) in [6.45, 7) is 3.43. The van der Waals surface area contributed by atoms with Gasteiger partial charge in [-0.25, -0.2) is 0 Å². The van der Waals surface area contributed by atoms with Gasteiger partial charge in [0.1, 0.15) is 6.54 Å². The minimum Gasteiger partial charge on any atom is -0.350 e. The van der Waals surface area contributed by atoms with Gasteiger partial charge >= 0.3 is 0 Å². The second-order valence-electron chi connectivity index (χ2n) is 5.61. The summed E-state index contributed by atoms with van der Waals surface area (Å²) in [6, 6.07) is 6.45. The number of fused-ring (bicyclic) bond motifs is 3. The van der Waals surface area contributed by atoms with Crippen molar-refractivity contribution in [3.8, 4) is 0 Å². The van der Waals surface area contributed by atoms with Gasteiger partial charge in [-0.2, -0.15) is 0 Å². The van der Waals surface area contributed by atoms with E-state index in [1.54, 1.807) is 0 Å². The fourth-order valence-corrected chi connectivity index (χ4v) is 3.53. The van der Waals surface area contributed by atoms with Gasteiger partial charge in [-0.3, -0.25) is 4.79 Å². The van der Waals surface area contributed by atoms with Gasteiger partial charge in [-0.15, -0.1) is 0 Å². The highest BCUT2D eigenvalue weighted by Crippen LogP contribution is 2.37. The molecule has 2 heterocycles. The van der Waals surface area contributed by atoms with E-state index in [0.29, 0.717) is 19.0 Å². The van der Waals surface area contributed by atoms with E-state index in [0.717, 1.165) is 12.8 Å². The molecule has 1 aromatic heterocycles. The number of nitrogens with zero attached hydrogens (tertiary/aromatic N) is 1. The molecule has 2 aromatic rings. The summed E-state index contributed by atoms with van der Waals surface area (Å²) >= 11 is 0. The van der Waals surface area contributed by atoms with E-state index < -0.39 is 0 Å². The lowest BCUT2D eigenvalue weighted by molar-refractivity contribution is -0.121. The predicted molar refractivity (Wildman–Crippen MR) is 70.4 cm³/mol. The van der Waals surface area contributed by atoms with Gasteiger partial charge in [0.05, 0.1) is 5.52 Å². The molecule has 1 aromatic carbocycles. The fraction of sp³-hybridized carbons (Fsp3) is 0.400. The van der Waals surface area contributed by atoms with E-state index in [1.807, 2.05) is 0 Å². The Bertz CT molecular complexity index is 669. The zero-order valence-electron chi connectivity index (χ0n) is 10.5. The van der Waals surface area contributed by atoms with Gasteiger partial charge in [0.25, 0.3) is 0 Å². The molecule has 0 saturated carbocycles. The zero-order chi connectivity index (χ0) is 12.3. The van der Waals surface area contributed by atoms with Gasteiger partial charge in [0, 0.05) is 17.6 Å². The minimum atomic E-state index is 0.130.